The van der Waals surface area contributed by atoms with E-state index in [4.69, 9.17) is 4.74 Å². The van der Waals surface area contributed by atoms with Crippen LogP contribution in [0.3, 0.4) is 0 Å². The van der Waals surface area contributed by atoms with Crippen LogP contribution in [-0.2, 0) is 11.3 Å². The number of rotatable bonds is 6. The smallest absolute Gasteiger partial charge is 0.223 e. The van der Waals surface area contributed by atoms with Crippen LogP contribution in [0, 0.1) is 0 Å². The highest BCUT2D eigenvalue weighted by Crippen LogP contribution is 2.17. The molecule has 0 aliphatic rings. The first-order chi connectivity index (χ1) is 11.2. The van der Waals surface area contributed by atoms with Crippen LogP contribution in [-0.4, -0.2) is 22.5 Å². The maximum atomic E-state index is 11.8. The maximum Gasteiger partial charge on any atom is 0.223 e. The monoisotopic (exact) mass is 373 g/mol. The van der Waals surface area contributed by atoms with Crippen molar-refractivity contribution in [1.82, 2.24) is 15.3 Å². The van der Waals surface area contributed by atoms with Gasteiger partial charge in [0.2, 0.25) is 5.91 Å². The van der Waals surface area contributed by atoms with Gasteiger partial charge in [-0.3, -0.25) is 4.79 Å². The molecular weight excluding hydrogens is 358 g/mol. The highest BCUT2D eigenvalue weighted by molar-refractivity contribution is 9.10. The molecular formula is C17H16BrN3O2. The molecule has 0 spiro atoms. The number of nitrogens with zero attached hydrogens (tertiary/aromatic N) is 1. The second kappa shape index (κ2) is 7.28. The standard InChI is InChI=1S/C17H16BrN3O2/c18-12-4-3-5-13(10-12)23-9-8-17(22)19-11-16-20-14-6-1-2-7-15(14)21-16/h1-7,10H,8-9,11H2,(H,19,22)(H,20,21). The van der Waals surface area contributed by atoms with Crippen molar-refractivity contribution in [2.75, 3.05) is 6.61 Å². The van der Waals surface area contributed by atoms with E-state index >= 15 is 0 Å². The van der Waals surface area contributed by atoms with Crippen molar-refractivity contribution >= 4 is 32.9 Å². The Morgan fingerprint density at radius 3 is 2.91 bits per heavy atom. The van der Waals surface area contributed by atoms with Gasteiger partial charge in [-0.1, -0.05) is 34.1 Å². The number of aromatic amines is 1. The van der Waals surface area contributed by atoms with Crippen molar-refractivity contribution < 1.29 is 9.53 Å². The number of amides is 1. The predicted octanol–water partition coefficient (Wildman–Crippen LogP) is 3.41. The average Bonchev–Trinajstić information content (AvgIpc) is 2.96. The molecule has 6 heteroatoms. The Hall–Kier alpha value is -2.34. The van der Waals surface area contributed by atoms with Crippen LogP contribution in [0.1, 0.15) is 12.2 Å². The lowest BCUT2D eigenvalue weighted by Gasteiger charge is -2.06. The summed E-state index contributed by atoms with van der Waals surface area (Å²) >= 11 is 3.38. The Balaban J connectivity index is 1.44. The summed E-state index contributed by atoms with van der Waals surface area (Å²) in [7, 11) is 0. The van der Waals surface area contributed by atoms with Gasteiger partial charge in [0, 0.05) is 4.47 Å². The number of carbonyl (C=O) groups is 1. The van der Waals surface area contributed by atoms with Gasteiger partial charge in [0.05, 0.1) is 30.6 Å². The zero-order valence-electron chi connectivity index (χ0n) is 12.4. The van der Waals surface area contributed by atoms with Crippen molar-refractivity contribution in [2.45, 2.75) is 13.0 Å². The van der Waals surface area contributed by atoms with Crippen LogP contribution in [0.2, 0.25) is 0 Å². The molecule has 3 rings (SSSR count). The van der Waals surface area contributed by atoms with Crippen LogP contribution in [0.15, 0.2) is 53.0 Å². The van der Waals surface area contributed by atoms with E-state index in [1.807, 2.05) is 48.5 Å². The molecule has 0 saturated heterocycles. The summed E-state index contributed by atoms with van der Waals surface area (Å²) in [5.41, 5.74) is 1.87. The van der Waals surface area contributed by atoms with Gasteiger partial charge in [0.25, 0.3) is 0 Å². The highest BCUT2D eigenvalue weighted by atomic mass is 79.9. The van der Waals surface area contributed by atoms with E-state index in [0.29, 0.717) is 19.6 Å². The molecule has 0 atom stereocenters. The molecule has 0 aliphatic heterocycles. The molecule has 5 nitrogen and oxygen atoms in total. The largest absolute Gasteiger partial charge is 0.493 e. The predicted molar refractivity (Wildman–Crippen MR) is 92.2 cm³/mol. The van der Waals surface area contributed by atoms with E-state index < -0.39 is 0 Å². The summed E-state index contributed by atoms with van der Waals surface area (Å²) in [6, 6.07) is 15.3. The molecule has 0 radical (unpaired) electrons. The Morgan fingerprint density at radius 1 is 1.22 bits per heavy atom. The summed E-state index contributed by atoms with van der Waals surface area (Å²) in [4.78, 5) is 19.4. The fourth-order valence-electron chi connectivity index (χ4n) is 2.18. The summed E-state index contributed by atoms with van der Waals surface area (Å²) in [6.45, 7) is 0.715. The highest BCUT2D eigenvalue weighted by Gasteiger charge is 2.05. The maximum absolute atomic E-state index is 11.8. The Bertz CT molecular complexity index is 783. The minimum atomic E-state index is -0.0690. The first-order valence-electron chi connectivity index (χ1n) is 7.29. The molecule has 0 unspecified atom stereocenters. The van der Waals surface area contributed by atoms with E-state index in [-0.39, 0.29) is 5.91 Å². The lowest BCUT2D eigenvalue weighted by atomic mass is 10.3. The number of ether oxygens (including phenoxy) is 1. The number of benzene rings is 2. The molecule has 118 valence electrons. The SMILES string of the molecule is O=C(CCOc1cccc(Br)c1)NCc1nc2ccccc2[nH]1. The van der Waals surface area contributed by atoms with Gasteiger partial charge in [-0.25, -0.2) is 4.98 Å². The molecule has 1 amide bonds. The fourth-order valence-corrected chi connectivity index (χ4v) is 2.56. The topological polar surface area (TPSA) is 67.0 Å². The summed E-state index contributed by atoms with van der Waals surface area (Å²) in [6.07, 6.45) is 0.298. The van der Waals surface area contributed by atoms with Gasteiger partial charge in [0.1, 0.15) is 11.6 Å². The average molecular weight is 374 g/mol. The van der Waals surface area contributed by atoms with Crippen LogP contribution in [0.5, 0.6) is 5.75 Å². The third-order valence-corrected chi connectivity index (χ3v) is 3.78. The minimum Gasteiger partial charge on any atom is -0.493 e. The zero-order valence-corrected chi connectivity index (χ0v) is 14.0. The molecule has 3 aromatic rings. The van der Waals surface area contributed by atoms with Gasteiger partial charge in [-0.2, -0.15) is 0 Å². The molecule has 0 aliphatic carbocycles. The number of aromatic nitrogens is 2. The molecule has 23 heavy (non-hydrogen) atoms. The fraction of sp³-hybridized carbons (Fsp3) is 0.176. The molecule has 2 N–H and O–H groups in total. The number of nitrogens with one attached hydrogen (secondary N) is 2. The molecule has 0 bridgehead atoms. The van der Waals surface area contributed by atoms with Crippen LogP contribution < -0.4 is 10.1 Å². The molecule has 1 heterocycles. The van der Waals surface area contributed by atoms with Gasteiger partial charge in [-0.15, -0.1) is 0 Å². The number of fused-ring (bicyclic) bond motifs is 1. The molecule has 0 saturated carbocycles. The number of hydrogen-bond donors (Lipinski definition) is 2. The lowest BCUT2D eigenvalue weighted by molar-refractivity contribution is -0.121. The molecule has 2 aromatic carbocycles. The van der Waals surface area contributed by atoms with Gasteiger partial charge in [-0.05, 0) is 30.3 Å². The van der Waals surface area contributed by atoms with E-state index in [1.165, 1.54) is 0 Å². The summed E-state index contributed by atoms with van der Waals surface area (Å²) in [5, 5.41) is 2.84. The number of hydrogen-bond acceptors (Lipinski definition) is 3. The lowest BCUT2D eigenvalue weighted by Crippen LogP contribution is -2.24. The first kappa shape index (κ1) is 15.6. The third kappa shape index (κ3) is 4.32. The second-order valence-electron chi connectivity index (χ2n) is 5.03. The minimum absolute atomic E-state index is 0.0690. The number of imidazole rings is 1. The molecule has 1 aromatic heterocycles. The van der Waals surface area contributed by atoms with Crippen molar-refractivity contribution in [3.05, 3.63) is 58.8 Å². The van der Waals surface area contributed by atoms with E-state index in [0.717, 1.165) is 27.1 Å². The van der Waals surface area contributed by atoms with E-state index in [1.54, 1.807) is 0 Å². The number of H-pyrrole nitrogens is 1. The Labute approximate surface area is 142 Å². The van der Waals surface area contributed by atoms with Crippen molar-refractivity contribution in [1.29, 1.82) is 0 Å². The normalized spacial score (nSPS) is 10.7. The zero-order chi connectivity index (χ0) is 16.1. The van der Waals surface area contributed by atoms with E-state index in [2.05, 4.69) is 31.2 Å². The summed E-state index contributed by atoms with van der Waals surface area (Å²) < 4.78 is 6.49. The first-order valence-corrected chi connectivity index (χ1v) is 8.09. The quantitative estimate of drug-likeness (QED) is 0.695. The Morgan fingerprint density at radius 2 is 2.09 bits per heavy atom. The van der Waals surface area contributed by atoms with E-state index in [9.17, 15) is 4.79 Å². The second-order valence-corrected chi connectivity index (χ2v) is 5.95. The van der Waals surface area contributed by atoms with Crippen LogP contribution in [0.4, 0.5) is 0 Å². The Kier molecular flexibility index (Phi) is 4.92. The molecule has 0 fully saturated rings. The van der Waals surface area contributed by atoms with Gasteiger partial charge >= 0.3 is 0 Å². The van der Waals surface area contributed by atoms with Gasteiger partial charge in [0.15, 0.2) is 0 Å². The van der Waals surface area contributed by atoms with Crippen LogP contribution in [0.25, 0.3) is 11.0 Å². The summed E-state index contributed by atoms with van der Waals surface area (Å²) in [5.74, 6) is 1.41. The third-order valence-electron chi connectivity index (χ3n) is 3.29. The van der Waals surface area contributed by atoms with Crippen molar-refractivity contribution in [2.24, 2.45) is 0 Å². The number of carbonyl (C=O) groups excluding carboxylic acids is 1. The van der Waals surface area contributed by atoms with Crippen LogP contribution >= 0.6 is 15.9 Å². The number of halogens is 1. The van der Waals surface area contributed by atoms with Gasteiger partial charge < -0.3 is 15.0 Å². The van der Waals surface area contributed by atoms with Crippen molar-refractivity contribution in [3.63, 3.8) is 0 Å². The van der Waals surface area contributed by atoms with Crippen molar-refractivity contribution in [3.8, 4) is 5.75 Å². The number of para-hydroxylation sites is 2.